The Kier molecular flexibility index (Phi) is 3.83. The van der Waals surface area contributed by atoms with E-state index in [1.165, 1.54) is 17.3 Å². The van der Waals surface area contributed by atoms with E-state index in [0.717, 1.165) is 5.56 Å². The van der Waals surface area contributed by atoms with Crippen LogP contribution in [0.5, 0.6) is 0 Å². The van der Waals surface area contributed by atoms with Gasteiger partial charge in [-0.2, -0.15) is 4.98 Å². The van der Waals surface area contributed by atoms with Crippen LogP contribution in [0.1, 0.15) is 11.4 Å². The predicted octanol–water partition coefficient (Wildman–Crippen LogP) is 2.71. The maximum absolute atomic E-state index is 5.74. The molecule has 0 atom stereocenters. The largest absolute Gasteiger partial charge is 0.381 e. The molecular weight excluding hydrogens is 286 g/mol. The van der Waals surface area contributed by atoms with Crippen molar-refractivity contribution in [1.82, 2.24) is 20.1 Å². The molecule has 6 nitrogen and oxygen atoms in total. The van der Waals surface area contributed by atoms with Crippen molar-refractivity contribution < 1.29 is 4.52 Å². The Morgan fingerprint density at radius 3 is 2.67 bits per heavy atom. The minimum Gasteiger partial charge on any atom is -0.381 e. The molecule has 0 amide bonds. The van der Waals surface area contributed by atoms with E-state index in [4.69, 9.17) is 10.3 Å². The first kappa shape index (κ1) is 13.6. The maximum Gasteiger partial charge on any atom is 0.257 e. The first-order valence-corrected chi connectivity index (χ1v) is 7.30. The molecule has 21 heavy (non-hydrogen) atoms. The zero-order valence-corrected chi connectivity index (χ0v) is 12.2. The molecule has 0 fully saturated rings. The summed E-state index contributed by atoms with van der Waals surface area (Å²) in [4.78, 5) is 12.5. The zero-order chi connectivity index (χ0) is 14.7. The number of aromatic nitrogens is 4. The van der Waals surface area contributed by atoms with Crippen molar-refractivity contribution in [3.63, 3.8) is 0 Å². The van der Waals surface area contributed by atoms with Gasteiger partial charge in [0.25, 0.3) is 5.89 Å². The summed E-state index contributed by atoms with van der Waals surface area (Å²) >= 11 is 1.43. The minimum absolute atomic E-state index is 0.407. The molecule has 2 heterocycles. The Balaban J connectivity index is 1.71. The lowest BCUT2D eigenvalue weighted by atomic mass is 10.1. The van der Waals surface area contributed by atoms with E-state index >= 15 is 0 Å². The third-order valence-electron chi connectivity index (χ3n) is 2.80. The minimum atomic E-state index is 0.407. The number of anilines is 1. The number of aryl methyl sites for hydroxylation is 1. The SMILES string of the molecule is Cc1ccc(-c2nc(CSc3nccnc3N)no2)cc1. The van der Waals surface area contributed by atoms with Gasteiger partial charge in [-0.1, -0.05) is 34.6 Å². The summed E-state index contributed by atoms with van der Waals surface area (Å²) in [6.07, 6.45) is 3.16. The Bertz CT molecular complexity index is 741. The number of hydrogen-bond donors (Lipinski definition) is 1. The molecule has 7 heteroatoms. The molecule has 0 saturated heterocycles. The fraction of sp³-hybridized carbons (Fsp3) is 0.143. The van der Waals surface area contributed by atoms with E-state index in [1.54, 1.807) is 12.4 Å². The van der Waals surface area contributed by atoms with Crippen molar-refractivity contribution in [2.45, 2.75) is 17.7 Å². The smallest absolute Gasteiger partial charge is 0.257 e. The molecule has 0 saturated carbocycles. The number of benzene rings is 1. The lowest BCUT2D eigenvalue weighted by Gasteiger charge is -1.99. The van der Waals surface area contributed by atoms with E-state index in [2.05, 4.69) is 20.1 Å². The molecule has 3 aromatic rings. The number of thioether (sulfide) groups is 1. The fourth-order valence-electron chi connectivity index (χ4n) is 1.71. The van der Waals surface area contributed by atoms with Crippen molar-refractivity contribution in [1.29, 1.82) is 0 Å². The molecule has 1 aromatic carbocycles. The molecule has 0 aliphatic rings. The number of nitrogens with two attached hydrogens (primary N) is 1. The van der Waals surface area contributed by atoms with Gasteiger partial charge < -0.3 is 10.3 Å². The summed E-state index contributed by atoms with van der Waals surface area (Å²) < 4.78 is 5.27. The topological polar surface area (TPSA) is 90.7 Å². The van der Waals surface area contributed by atoms with Gasteiger partial charge in [-0.15, -0.1) is 0 Å². The molecule has 0 aliphatic heterocycles. The van der Waals surface area contributed by atoms with Crippen LogP contribution in [0.25, 0.3) is 11.5 Å². The van der Waals surface area contributed by atoms with Crippen molar-refractivity contribution in [3.8, 4) is 11.5 Å². The zero-order valence-electron chi connectivity index (χ0n) is 11.4. The Hall–Kier alpha value is -2.41. The normalized spacial score (nSPS) is 10.7. The van der Waals surface area contributed by atoms with Crippen molar-refractivity contribution in [3.05, 3.63) is 48.0 Å². The van der Waals surface area contributed by atoms with Gasteiger partial charge >= 0.3 is 0 Å². The van der Waals surface area contributed by atoms with Gasteiger partial charge in [0.1, 0.15) is 5.03 Å². The van der Waals surface area contributed by atoms with Crippen LogP contribution in [0, 0.1) is 6.92 Å². The summed E-state index contributed by atoms with van der Waals surface area (Å²) in [5.74, 6) is 2.04. The first-order valence-electron chi connectivity index (χ1n) is 6.31. The quantitative estimate of drug-likeness (QED) is 0.740. The third-order valence-corrected chi connectivity index (χ3v) is 3.79. The van der Waals surface area contributed by atoms with Gasteiger partial charge in [-0.25, -0.2) is 9.97 Å². The van der Waals surface area contributed by atoms with Crippen LogP contribution in [-0.4, -0.2) is 20.1 Å². The number of rotatable bonds is 4. The molecule has 0 radical (unpaired) electrons. The first-order chi connectivity index (χ1) is 10.2. The van der Waals surface area contributed by atoms with Gasteiger partial charge in [0.05, 0.1) is 5.75 Å². The van der Waals surface area contributed by atoms with E-state index in [0.29, 0.717) is 28.3 Å². The Morgan fingerprint density at radius 1 is 1.14 bits per heavy atom. The molecule has 0 unspecified atom stereocenters. The summed E-state index contributed by atoms with van der Waals surface area (Å²) in [6.45, 7) is 2.03. The second-order valence-electron chi connectivity index (χ2n) is 4.42. The molecule has 0 spiro atoms. The predicted molar refractivity (Wildman–Crippen MR) is 80.5 cm³/mol. The van der Waals surface area contributed by atoms with Crippen LogP contribution < -0.4 is 5.73 Å². The number of hydrogen-bond acceptors (Lipinski definition) is 7. The maximum atomic E-state index is 5.74. The molecule has 106 valence electrons. The molecule has 0 bridgehead atoms. The summed E-state index contributed by atoms with van der Waals surface area (Å²) in [6, 6.07) is 7.93. The average molecular weight is 299 g/mol. The molecule has 3 rings (SSSR count). The van der Waals surface area contributed by atoms with Gasteiger partial charge in [0.15, 0.2) is 11.6 Å². The summed E-state index contributed by atoms with van der Waals surface area (Å²) in [5, 5.41) is 4.63. The highest BCUT2D eigenvalue weighted by atomic mass is 32.2. The van der Waals surface area contributed by atoms with Gasteiger partial charge in [0.2, 0.25) is 0 Å². The second-order valence-corrected chi connectivity index (χ2v) is 5.38. The van der Waals surface area contributed by atoms with E-state index in [9.17, 15) is 0 Å². The summed E-state index contributed by atoms with van der Waals surface area (Å²) in [5.41, 5.74) is 7.83. The van der Waals surface area contributed by atoms with Crippen molar-refractivity contribution in [2.24, 2.45) is 0 Å². The highest BCUT2D eigenvalue weighted by Crippen LogP contribution is 2.24. The summed E-state index contributed by atoms with van der Waals surface area (Å²) in [7, 11) is 0. The van der Waals surface area contributed by atoms with Crippen LogP contribution in [0.3, 0.4) is 0 Å². The number of nitrogens with zero attached hydrogens (tertiary/aromatic N) is 4. The van der Waals surface area contributed by atoms with Gasteiger partial charge in [-0.3, -0.25) is 0 Å². The fourth-order valence-corrected chi connectivity index (χ4v) is 2.43. The van der Waals surface area contributed by atoms with Crippen LogP contribution in [0.4, 0.5) is 5.82 Å². The van der Waals surface area contributed by atoms with Gasteiger partial charge in [-0.05, 0) is 19.1 Å². The lowest BCUT2D eigenvalue weighted by Crippen LogP contribution is -1.95. The molecular formula is C14H13N5OS. The van der Waals surface area contributed by atoms with Crippen LogP contribution in [0.15, 0.2) is 46.2 Å². The highest BCUT2D eigenvalue weighted by molar-refractivity contribution is 7.98. The Labute approximate surface area is 125 Å². The van der Waals surface area contributed by atoms with Crippen molar-refractivity contribution in [2.75, 3.05) is 5.73 Å². The highest BCUT2D eigenvalue weighted by Gasteiger charge is 2.10. The van der Waals surface area contributed by atoms with Crippen molar-refractivity contribution >= 4 is 17.6 Å². The van der Waals surface area contributed by atoms with E-state index in [-0.39, 0.29) is 0 Å². The monoisotopic (exact) mass is 299 g/mol. The molecule has 0 aliphatic carbocycles. The van der Waals surface area contributed by atoms with Crippen LogP contribution >= 0.6 is 11.8 Å². The number of nitrogen functional groups attached to an aromatic ring is 1. The second kappa shape index (κ2) is 5.92. The molecule has 2 aromatic heterocycles. The average Bonchev–Trinajstić information content (AvgIpc) is 2.96. The third kappa shape index (κ3) is 3.19. The van der Waals surface area contributed by atoms with Crippen LogP contribution in [-0.2, 0) is 5.75 Å². The lowest BCUT2D eigenvalue weighted by molar-refractivity contribution is 0.425. The van der Waals surface area contributed by atoms with E-state index in [1.807, 2.05) is 31.2 Å². The molecule has 2 N–H and O–H groups in total. The van der Waals surface area contributed by atoms with E-state index < -0.39 is 0 Å². The van der Waals surface area contributed by atoms with Crippen LogP contribution in [0.2, 0.25) is 0 Å². The standard InChI is InChI=1S/C14H13N5OS/c1-9-2-4-10(5-3-9)13-18-11(19-20-13)8-21-14-12(15)16-6-7-17-14/h2-7H,8H2,1H3,(H2,15,16). The Morgan fingerprint density at radius 2 is 1.90 bits per heavy atom. The van der Waals surface area contributed by atoms with Gasteiger partial charge in [0, 0.05) is 18.0 Å².